The van der Waals surface area contributed by atoms with E-state index in [1.807, 2.05) is 25.7 Å². The topological polar surface area (TPSA) is 29.9 Å². The molecule has 1 unspecified atom stereocenters. The molecule has 1 heterocycles. The summed E-state index contributed by atoms with van der Waals surface area (Å²) in [4.78, 5) is 0. The van der Waals surface area contributed by atoms with Crippen LogP contribution in [0.25, 0.3) is 0 Å². The molecule has 0 aliphatic carbocycles. The highest BCUT2D eigenvalue weighted by Crippen LogP contribution is 2.29. The number of likely N-dealkylation sites (N-methyl/N-ethyl adjacent to an activating group) is 1. The standard InChI is InChI=1S/C15H19BrClN3/c1-9-5-6-11(12(16)7-9)13(18-3)8-14-15(17)10(2)19-20(14)4/h5-7,13,18H,8H2,1-4H3. The van der Waals surface area contributed by atoms with Gasteiger partial charge in [-0.1, -0.05) is 39.7 Å². The lowest BCUT2D eigenvalue weighted by Crippen LogP contribution is -2.20. The van der Waals surface area contributed by atoms with Crippen LogP contribution in [0.4, 0.5) is 0 Å². The van der Waals surface area contributed by atoms with Crippen LogP contribution in [0.5, 0.6) is 0 Å². The summed E-state index contributed by atoms with van der Waals surface area (Å²) in [5.41, 5.74) is 4.40. The number of rotatable bonds is 4. The summed E-state index contributed by atoms with van der Waals surface area (Å²) in [7, 11) is 3.90. The van der Waals surface area contributed by atoms with Gasteiger partial charge in [-0.2, -0.15) is 5.10 Å². The van der Waals surface area contributed by atoms with Crippen LogP contribution in [0.3, 0.4) is 0 Å². The van der Waals surface area contributed by atoms with E-state index in [1.54, 1.807) is 0 Å². The molecule has 0 radical (unpaired) electrons. The maximum Gasteiger partial charge on any atom is 0.0847 e. The minimum absolute atomic E-state index is 0.192. The normalized spacial score (nSPS) is 12.7. The van der Waals surface area contributed by atoms with Crippen LogP contribution in [-0.4, -0.2) is 16.8 Å². The molecular formula is C15H19BrClN3. The highest BCUT2D eigenvalue weighted by atomic mass is 79.9. The smallest absolute Gasteiger partial charge is 0.0847 e. The third-order valence-electron chi connectivity index (χ3n) is 3.54. The van der Waals surface area contributed by atoms with Crippen molar-refractivity contribution in [1.29, 1.82) is 0 Å². The number of nitrogens with one attached hydrogen (secondary N) is 1. The summed E-state index contributed by atoms with van der Waals surface area (Å²) < 4.78 is 2.98. The molecule has 1 aromatic heterocycles. The van der Waals surface area contributed by atoms with Crippen molar-refractivity contribution in [3.8, 4) is 0 Å². The van der Waals surface area contributed by atoms with Gasteiger partial charge in [0.05, 0.1) is 16.4 Å². The molecular weight excluding hydrogens is 338 g/mol. The van der Waals surface area contributed by atoms with Gasteiger partial charge in [0.15, 0.2) is 0 Å². The van der Waals surface area contributed by atoms with Gasteiger partial charge in [0.2, 0.25) is 0 Å². The predicted octanol–water partition coefficient (Wildman–Crippen LogP) is 3.96. The fourth-order valence-electron chi connectivity index (χ4n) is 2.38. The third kappa shape index (κ3) is 3.08. The summed E-state index contributed by atoms with van der Waals surface area (Å²) in [6.45, 7) is 4.02. The van der Waals surface area contributed by atoms with Crippen molar-refractivity contribution in [2.45, 2.75) is 26.3 Å². The second kappa shape index (κ2) is 6.29. The molecule has 0 aliphatic heterocycles. The number of hydrogen-bond donors (Lipinski definition) is 1. The lowest BCUT2D eigenvalue weighted by Gasteiger charge is -2.19. The lowest BCUT2D eigenvalue weighted by molar-refractivity contribution is 0.559. The molecule has 1 aromatic carbocycles. The number of nitrogens with zero attached hydrogens (tertiary/aromatic N) is 2. The zero-order valence-corrected chi connectivity index (χ0v) is 14.5. The van der Waals surface area contributed by atoms with E-state index in [0.717, 1.165) is 27.3 Å². The van der Waals surface area contributed by atoms with Crippen LogP contribution < -0.4 is 5.32 Å². The minimum Gasteiger partial charge on any atom is -0.313 e. The molecule has 0 bridgehead atoms. The molecule has 0 amide bonds. The predicted molar refractivity (Wildman–Crippen MR) is 87.3 cm³/mol. The van der Waals surface area contributed by atoms with Crippen molar-refractivity contribution in [2.24, 2.45) is 7.05 Å². The Bertz CT molecular complexity index is 622. The fraction of sp³-hybridized carbons (Fsp3) is 0.400. The molecule has 20 heavy (non-hydrogen) atoms. The average Bonchev–Trinajstić information content (AvgIpc) is 2.62. The van der Waals surface area contributed by atoms with Crippen LogP contribution in [0, 0.1) is 13.8 Å². The summed E-state index contributed by atoms with van der Waals surface area (Å²) in [5.74, 6) is 0. The highest BCUT2D eigenvalue weighted by Gasteiger charge is 2.19. The Labute approximate surface area is 133 Å². The molecule has 0 aliphatic rings. The first kappa shape index (κ1) is 15.5. The Hall–Kier alpha value is -0.840. The van der Waals surface area contributed by atoms with Gasteiger partial charge in [0.1, 0.15) is 0 Å². The Morgan fingerprint density at radius 3 is 2.60 bits per heavy atom. The summed E-state index contributed by atoms with van der Waals surface area (Å²) in [6.07, 6.45) is 0.800. The van der Waals surface area contributed by atoms with Gasteiger partial charge in [-0.05, 0) is 38.1 Å². The third-order valence-corrected chi connectivity index (χ3v) is 4.72. The van der Waals surface area contributed by atoms with E-state index in [1.165, 1.54) is 11.1 Å². The molecule has 0 saturated carbocycles. The van der Waals surface area contributed by atoms with Crippen LogP contribution in [0.1, 0.15) is 28.6 Å². The quantitative estimate of drug-likeness (QED) is 0.899. The Morgan fingerprint density at radius 1 is 1.40 bits per heavy atom. The van der Waals surface area contributed by atoms with Crippen molar-refractivity contribution < 1.29 is 0 Å². The molecule has 1 atom stereocenters. The summed E-state index contributed by atoms with van der Waals surface area (Å²) >= 11 is 9.99. The van der Waals surface area contributed by atoms with Gasteiger partial charge in [-0.25, -0.2) is 0 Å². The van der Waals surface area contributed by atoms with E-state index in [4.69, 9.17) is 11.6 Å². The first-order valence-corrected chi connectivity index (χ1v) is 7.72. The zero-order valence-electron chi connectivity index (χ0n) is 12.2. The highest BCUT2D eigenvalue weighted by molar-refractivity contribution is 9.10. The summed E-state index contributed by atoms with van der Waals surface area (Å²) in [5, 5.41) is 8.49. The number of halogens is 2. The maximum atomic E-state index is 6.34. The van der Waals surface area contributed by atoms with Gasteiger partial charge >= 0.3 is 0 Å². The number of benzene rings is 1. The molecule has 2 rings (SSSR count). The molecule has 5 heteroatoms. The van der Waals surface area contributed by atoms with Gasteiger partial charge < -0.3 is 5.32 Å². The molecule has 2 aromatic rings. The molecule has 1 N–H and O–H groups in total. The zero-order chi connectivity index (χ0) is 14.9. The minimum atomic E-state index is 0.192. The second-order valence-electron chi connectivity index (χ2n) is 5.04. The number of aryl methyl sites for hydroxylation is 3. The van der Waals surface area contributed by atoms with E-state index in [0.29, 0.717) is 0 Å². The van der Waals surface area contributed by atoms with Crippen LogP contribution in [0.2, 0.25) is 5.02 Å². The largest absolute Gasteiger partial charge is 0.313 e. The fourth-order valence-corrected chi connectivity index (χ4v) is 3.38. The first-order valence-electron chi connectivity index (χ1n) is 6.55. The van der Waals surface area contributed by atoms with Crippen molar-refractivity contribution in [2.75, 3.05) is 7.05 Å². The second-order valence-corrected chi connectivity index (χ2v) is 6.27. The lowest BCUT2D eigenvalue weighted by atomic mass is 10.0. The summed E-state index contributed by atoms with van der Waals surface area (Å²) in [6, 6.07) is 6.60. The van der Waals surface area contributed by atoms with Gasteiger partial charge in [0.25, 0.3) is 0 Å². The molecule has 0 saturated heterocycles. The number of aromatic nitrogens is 2. The van der Waals surface area contributed by atoms with Gasteiger partial charge in [0, 0.05) is 24.0 Å². The van der Waals surface area contributed by atoms with Crippen molar-refractivity contribution in [3.05, 3.63) is 50.2 Å². The van der Waals surface area contributed by atoms with Crippen molar-refractivity contribution >= 4 is 27.5 Å². The Balaban J connectivity index is 2.33. The number of hydrogen-bond acceptors (Lipinski definition) is 2. The molecule has 3 nitrogen and oxygen atoms in total. The van der Waals surface area contributed by atoms with E-state index >= 15 is 0 Å². The van der Waals surface area contributed by atoms with E-state index in [2.05, 4.69) is 51.5 Å². The monoisotopic (exact) mass is 355 g/mol. The molecule has 108 valence electrons. The Morgan fingerprint density at radius 2 is 2.10 bits per heavy atom. The SMILES string of the molecule is CNC(Cc1c(Cl)c(C)nn1C)c1ccc(C)cc1Br. The molecule has 0 spiro atoms. The van der Waals surface area contributed by atoms with Gasteiger partial charge in [-0.15, -0.1) is 0 Å². The first-order chi connectivity index (χ1) is 9.43. The van der Waals surface area contributed by atoms with Crippen LogP contribution >= 0.6 is 27.5 Å². The van der Waals surface area contributed by atoms with E-state index in [9.17, 15) is 0 Å². The Kier molecular flexibility index (Phi) is 4.89. The van der Waals surface area contributed by atoms with Crippen LogP contribution in [0.15, 0.2) is 22.7 Å². The molecule has 0 fully saturated rings. The van der Waals surface area contributed by atoms with Crippen molar-refractivity contribution in [1.82, 2.24) is 15.1 Å². The van der Waals surface area contributed by atoms with E-state index < -0.39 is 0 Å². The maximum absolute atomic E-state index is 6.34. The van der Waals surface area contributed by atoms with E-state index in [-0.39, 0.29) is 6.04 Å². The average molecular weight is 357 g/mol. The van der Waals surface area contributed by atoms with Crippen molar-refractivity contribution in [3.63, 3.8) is 0 Å². The van der Waals surface area contributed by atoms with Crippen LogP contribution in [-0.2, 0) is 13.5 Å². The van der Waals surface area contributed by atoms with Gasteiger partial charge in [-0.3, -0.25) is 4.68 Å².